The molecule has 25 heavy (non-hydrogen) atoms. The molecular formula is C19H27N3O3. The maximum absolute atomic E-state index is 12.5. The number of carbonyl (C=O) groups excluding carboxylic acids is 2. The fraction of sp³-hybridized carbons (Fsp3) is 0.632. The van der Waals surface area contributed by atoms with Crippen LogP contribution in [0.25, 0.3) is 0 Å². The van der Waals surface area contributed by atoms with Gasteiger partial charge in [0.25, 0.3) is 11.8 Å². The first-order valence-corrected chi connectivity index (χ1v) is 9.39. The fourth-order valence-electron chi connectivity index (χ4n) is 3.49. The molecule has 0 spiro atoms. The number of ether oxygens (including phenoxy) is 1. The Balaban J connectivity index is 1.55. The Morgan fingerprint density at radius 3 is 2.60 bits per heavy atom. The first-order chi connectivity index (χ1) is 12.2. The number of nitrogens with zero attached hydrogens (tertiary/aromatic N) is 1. The summed E-state index contributed by atoms with van der Waals surface area (Å²) in [5.41, 5.74) is 0.757. The molecule has 1 aromatic rings. The van der Waals surface area contributed by atoms with Gasteiger partial charge in [-0.25, -0.2) is 0 Å². The van der Waals surface area contributed by atoms with Crippen molar-refractivity contribution in [2.45, 2.75) is 63.5 Å². The van der Waals surface area contributed by atoms with E-state index >= 15 is 0 Å². The highest BCUT2D eigenvalue weighted by molar-refractivity contribution is 5.98. The van der Waals surface area contributed by atoms with Crippen LogP contribution < -0.4 is 10.6 Å². The largest absolute Gasteiger partial charge is 0.376 e. The normalized spacial score (nSPS) is 21.5. The summed E-state index contributed by atoms with van der Waals surface area (Å²) in [6.07, 6.45) is 10.5. The van der Waals surface area contributed by atoms with Gasteiger partial charge in [0.15, 0.2) is 0 Å². The molecular weight excluding hydrogens is 318 g/mol. The number of rotatable bonds is 5. The van der Waals surface area contributed by atoms with Crippen molar-refractivity contribution in [3.05, 3.63) is 29.6 Å². The smallest absolute Gasteiger partial charge is 0.269 e. The quantitative estimate of drug-likeness (QED) is 0.803. The van der Waals surface area contributed by atoms with Gasteiger partial charge < -0.3 is 15.4 Å². The second kappa shape index (κ2) is 8.94. The zero-order valence-corrected chi connectivity index (χ0v) is 14.6. The molecule has 1 aliphatic heterocycles. The second-order valence-corrected chi connectivity index (χ2v) is 6.94. The average molecular weight is 345 g/mol. The maximum atomic E-state index is 12.5. The van der Waals surface area contributed by atoms with Crippen LogP contribution in [0.2, 0.25) is 0 Å². The Bertz CT molecular complexity index is 591. The molecule has 1 saturated carbocycles. The molecule has 0 radical (unpaired) electrons. The van der Waals surface area contributed by atoms with Crippen molar-refractivity contribution < 1.29 is 14.3 Å². The summed E-state index contributed by atoms with van der Waals surface area (Å²) >= 11 is 0. The third-order valence-corrected chi connectivity index (χ3v) is 4.96. The van der Waals surface area contributed by atoms with Crippen LogP contribution in [0.4, 0.5) is 0 Å². The molecule has 1 aliphatic carbocycles. The highest BCUT2D eigenvalue weighted by Crippen LogP contribution is 2.17. The van der Waals surface area contributed by atoms with E-state index in [1.807, 2.05) is 0 Å². The Kier molecular flexibility index (Phi) is 6.39. The van der Waals surface area contributed by atoms with Gasteiger partial charge in [-0.05, 0) is 37.8 Å². The third kappa shape index (κ3) is 5.26. The number of aromatic nitrogens is 1. The Morgan fingerprint density at radius 2 is 1.88 bits per heavy atom. The monoisotopic (exact) mass is 345 g/mol. The highest BCUT2D eigenvalue weighted by Gasteiger charge is 2.19. The minimum absolute atomic E-state index is 0.0886. The first-order valence-electron chi connectivity index (χ1n) is 9.39. The molecule has 2 fully saturated rings. The molecule has 2 heterocycles. The van der Waals surface area contributed by atoms with E-state index in [1.54, 1.807) is 12.1 Å². The summed E-state index contributed by atoms with van der Waals surface area (Å²) in [6, 6.07) is 3.46. The van der Waals surface area contributed by atoms with Gasteiger partial charge in [0.1, 0.15) is 5.69 Å². The van der Waals surface area contributed by atoms with E-state index in [0.717, 1.165) is 45.1 Å². The number of hydrogen-bond donors (Lipinski definition) is 2. The van der Waals surface area contributed by atoms with E-state index in [0.29, 0.717) is 12.1 Å². The zero-order chi connectivity index (χ0) is 17.5. The number of nitrogens with one attached hydrogen (secondary N) is 2. The summed E-state index contributed by atoms with van der Waals surface area (Å²) in [5, 5.41) is 5.94. The van der Waals surface area contributed by atoms with Crippen LogP contribution in [0.5, 0.6) is 0 Å². The van der Waals surface area contributed by atoms with Gasteiger partial charge in [0, 0.05) is 31.0 Å². The molecule has 2 N–H and O–H groups in total. The molecule has 1 unspecified atom stereocenters. The topological polar surface area (TPSA) is 80.3 Å². The van der Waals surface area contributed by atoms with Crippen LogP contribution in [0, 0.1) is 0 Å². The molecule has 1 aromatic heterocycles. The van der Waals surface area contributed by atoms with Gasteiger partial charge in [-0.3, -0.25) is 14.6 Å². The highest BCUT2D eigenvalue weighted by atomic mass is 16.5. The summed E-state index contributed by atoms with van der Waals surface area (Å²) in [4.78, 5) is 28.8. The molecule has 3 rings (SSSR count). The lowest BCUT2D eigenvalue weighted by atomic mass is 10.1. The van der Waals surface area contributed by atoms with Gasteiger partial charge in [-0.2, -0.15) is 0 Å². The van der Waals surface area contributed by atoms with Crippen LogP contribution >= 0.6 is 0 Å². The van der Waals surface area contributed by atoms with Gasteiger partial charge in [-0.15, -0.1) is 0 Å². The molecule has 1 atom stereocenters. The van der Waals surface area contributed by atoms with Gasteiger partial charge in [0.2, 0.25) is 0 Å². The summed E-state index contributed by atoms with van der Waals surface area (Å²) in [5.74, 6) is -0.387. The molecule has 0 bridgehead atoms. The first kappa shape index (κ1) is 17.9. The van der Waals surface area contributed by atoms with Crippen LogP contribution in [0.1, 0.15) is 72.2 Å². The lowest BCUT2D eigenvalue weighted by Gasteiger charge is -2.16. The molecule has 0 aromatic carbocycles. The van der Waals surface area contributed by atoms with E-state index in [4.69, 9.17) is 4.74 Å². The van der Waals surface area contributed by atoms with Crippen molar-refractivity contribution in [3.63, 3.8) is 0 Å². The molecule has 6 heteroatoms. The molecule has 1 saturated heterocycles. The van der Waals surface area contributed by atoms with Crippen molar-refractivity contribution in [2.24, 2.45) is 0 Å². The predicted molar refractivity (Wildman–Crippen MR) is 94.5 cm³/mol. The third-order valence-electron chi connectivity index (χ3n) is 4.96. The van der Waals surface area contributed by atoms with Gasteiger partial charge >= 0.3 is 0 Å². The van der Waals surface area contributed by atoms with Crippen LogP contribution in [-0.2, 0) is 4.74 Å². The van der Waals surface area contributed by atoms with Crippen molar-refractivity contribution in [1.29, 1.82) is 0 Å². The maximum Gasteiger partial charge on any atom is 0.269 e. The number of carbonyl (C=O) groups is 2. The van der Waals surface area contributed by atoms with E-state index < -0.39 is 0 Å². The zero-order valence-electron chi connectivity index (χ0n) is 14.6. The lowest BCUT2D eigenvalue weighted by Crippen LogP contribution is -2.35. The molecule has 2 aliphatic rings. The lowest BCUT2D eigenvalue weighted by molar-refractivity contribution is 0.0853. The number of hydrogen-bond acceptors (Lipinski definition) is 4. The predicted octanol–water partition coefficient (Wildman–Crippen LogP) is 2.44. The van der Waals surface area contributed by atoms with Crippen molar-refractivity contribution >= 4 is 11.8 Å². The standard InChI is InChI=1S/C19H27N3O3/c23-18(22-15-6-3-1-2-4-7-15)14-9-10-20-17(12-14)19(24)21-13-16-8-5-11-25-16/h9-10,12,15-16H,1-8,11,13H2,(H,21,24)(H,22,23). The van der Waals surface area contributed by atoms with E-state index in [9.17, 15) is 9.59 Å². The second-order valence-electron chi connectivity index (χ2n) is 6.94. The minimum atomic E-state index is -0.264. The van der Waals surface area contributed by atoms with E-state index in [2.05, 4.69) is 15.6 Å². The summed E-state index contributed by atoms with van der Waals surface area (Å²) in [7, 11) is 0. The molecule has 6 nitrogen and oxygen atoms in total. The number of pyridine rings is 1. The van der Waals surface area contributed by atoms with Crippen molar-refractivity contribution in [1.82, 2.24) is 15.6 Å². The average Bonchev–Trinajstić information content (AvgIpc) is 3.03. The number of amides is 2. The minimum Gasteiger partial charge on any atom is -0.376 e. The van der Waals surface area contributed by atoms with Crippen LogP contribution in [0.3, 0.4) is 0 Å². The Hall–Kier alpha value is -1.95. The van der Waals surface area contributed by atoms with Crippen LogP contribution in [-0.4, -0.2) is 42.1 Å². The van der Waals surface area contributed by atoms with Gasteiger partial charge in [0.05, 0.1) is 6.10 Å². The van der Waals surface area contributed by atoms with E-state index in [1.165, 1.54) is 19.0 Å². The Morgan fingerprint density at radius 1 is 1.08 bits per heavy atom. The fourth-order valence-corrected chi connectivity index (χ4v) is 3.49. The molecule has 136 valence electrons. The molecule has 2 amide bonds. The summed E-state index contributed by atoms with van der Waals surface area (Å²) in [6.45, 7) is 1.24. The van der Waals surface area contributed by atoms with Crippen LogP contribution in [0.15, 0.2) is 18.3 Å². The van der Waals surface area contributed by atoms with E-state index in [-0.39, 0.29) is 29.7 Å². The summed E-state index contributed by atoms with van der Waals surface area (Å²) < 4.78 is 5.50. The van der Waals surface area contributed by atoms with Gasteiger partial charge in [-0.1, -0.05) is 25.7 Å². The van der Waals surface area contributed by atoms with Crippen molar-refractivity contribution in [2.75, 3.05) is 13.2 Å². The van der Waals surface area contributed by atoms with Crippen molar-refractivity contribution in [3.8, 4) is 0 Å². The SMILES string of the molecule is O=C(NC1CCCCCC1)c1ccnc(C(=O)NCC2CCCO2)c1. The Labute approximate surface area is 148 Å².